The fraction of sp³-hybridized carbons (Fsp3) is 0.938. The van der Waals surface area contributed by atoms with E-state index in [9.17, 15) is 4.79 Å². The Hall–Kier alpha value is -0.610. The highest BCUT2D eigenvalue weighted by Gasteiger charge is 2.26. The van der Waals surface area contributed by atoms with Crippen molar-refractivity contribution in [1.29, 1.82) is 0 Å². The van der Waals surface area contributed by atoms with E-state index in [-0.39, 0.29) is 11.3 Å². The summed E-state index contributed by atoms with van der Waals surface area (Å²) in [7, 11) is 1.95. The summed E-state index contributed by atoms with van der Waals surface area (Å²) in [6, 6.07) is 0.561. The lowest BCUT2D eigenvalue weighted by molar-refractivity contribution is -0.131. The summed E-state index contributed by atoms with van der Waals surface area (Å²) in [5.74, 6) is 0.276. The molecule has 0 spiro atoms. The molecule has 0 bridgehead atoms. The number of hydrogen-bond donors (Lipinski definition) is 1. The minimum Gasteiger partial charge on any atom is -0.344 e. The number of hydrogen-bond acceptors (Lipinski definition) is 3. The topological polar surface area (TPSA) is 49.6 Å². The van der Waals surface area contributed by atoms with Crippen LogP contribution in [0.3, 0.4) is 0 Å². The Balaban J connectivity index is 2.35. The van der Waals surface area contributed by atoms with Crippen LogP contribution in [-0.2, 0) is 4.79 Å². The van der Waals surface area contributed by atoms with Gasteiger partial charge in [0.2, 0.25) is 5.91 Å². The van der Waals surface area contributed by atoms with Crippen molar-refractivity contribution in [2.75, 3.05) is 33.2 Å². The Labute approximate surface area is 124 Å². The monoisotopic (exact) mass is 283 g/mol. The smallest absolute Gasteiger partial charge is 0.222 e. The maximum absolute atomic E-state index is 12.3. The quantitative estimate of drug-likeness (QED) is 0.742. The molecule has 0 aromatic heterocycles. The molecule has 1 amide bonds. The standard InChI is InChI=1S/C16H33N3O/c1-5-19-12-6-7-14(19)13-18(4)15(20)8-9-16(2,3)10-11-17/h14H,5-13,17H2,1-4H3. The second-order valence-corrected chi connectivity index (χ2v) is 6.90. The Kier molecular flexibility index (Phi) is 6.96. The molecule has 1 aliphatic rings. The Morgan fingerprint density at radius 2 is 2.10 bits per heavy atom. The summed E-state index contributed by atoms with van der Waals surface area (Å²) in [6.07, 6.45) is 5.04. The van der Waals surface area contributed by atoms with Crippen LogP contribution in [0, 0.1) is 5.41 Å². The van der Waals surface area contributed by atoms with E-state index in [1.54, 1.807) is 0 Å². The molecule has 1 saturated heterocycles. The molecule has 1 rings (SSSR count). The summed E-state index contributed by atoms with van der Waals surface area (Å²) in [5.41, 5.74) is 5.79. The van der Waals surface area contributed by atoms with Gasteiger partial charge >= 0.3 is 0 Å². The van der Waals surface area contributed by atoms with Crippen LogP contribution in [0.25, 0.3) is 0 Å². The van der Waals surface area contributed by atoms with Gasteiger partial charge in [-0.2, -0.15) is 0 Å². The van der Waals surface area contributed by atoms with E-state index in [0.717, 1.165) is 25.9 Å². The average molecular weight is 283 g/mol. The second kappa shape index (κ2) is 7.99. The Bertz CT molecular complexity index is 304. The molecule has 118 valence electrons. The van der Waals surface area contributed by atoms with Gasteiger partial charge in [-0.15, -0.1) is 0 Å². The zero-order valence-electron chi connectivity index (χ0n) is 13.8. The van der Waals surface area contributed by atoms with Crippen molar-refractivity contribution in [2.24, 2.45) is 11.1 Å². The van der Waals surface area contributed by atoms with Crippen LogP contribution in [0.1, 0.15) is 52.9 Å². The number of nitrogens with two attached hydrogens (primary N) is 1. The molecule has 20 heavy (non-hydrogen) atoms. The molecule has 1 atom stereocenters. The van der Waals surface area contributed by atoms with Gasteiger partial charge in [0, 0.05) is 26.1 Å². The van der Waals surface area contributed by atoms with Gasteiger partial charge in [-0.1, -0.05) is 20.8 Å². The van der Waals surface area contributed by atoms with E-state index in [0.29, 0.717) is 19.0 Å². The summed E-state index contributed by atoms with van der Waals surface area (Å²) in [6.45, 7) is 10.5. The van der Waals surface area contributed by atoms with E-state index in [1.807, 2.05) is 11.9 Å². The minimum absolute atomic E-state index is 0.175. The Morgan fingerprint density at radius 1 is 1.40 bits per heavy atom. The lowest BCUT2D eigenvalue weighted by Crippen LogP contribution is -2.41. The number of carbonyl (C=O) groups is 1. The first-order valence-electron chi connectivity index (χ1n) is 8.07. The van der Waals surface area contributed by atoms with Crippen LogP contribution in [0.4, 0.5) is 0 Å². The van der Waals surface area contributed by atoms with Gasteiger partial charge in [0.15, 0.2) is 0 Å². The molecule has 2 N–H and O–H groups in total. The minimum atomic E-state index is 0.175. The van der Waals surface area contributed by atoms with E-state index < -0.39 is 0 Å². The first kappa shape index (κ1) is 17.4. The third-order valence-electron chi connectivity index (χ3n) is 4.65. The van der Waals surface area contributed by atoms with Crippen LogP contribution in [-0.4, -0.2) is 55.0 Å². The number of likely N-dealkylation sites (N-methyl/N-ethyl adjacent to an activating group) is 2. The Morgan fingerprint density at radius 3 is 2.70 bits per heavy atom. The molecule has 1 heterocycles. The number of likely N-dealkylation sites (tertiary alicyclic amines) is 1. The van der Waals surface area contributed by atoms with Gasteiger partial charge in [0.1, 0.15) is 0 Å². The third kappa shape index (κ3) is 5.41. The molecule has 1 aliphatic heterocycles. The third-order valence-corrected chi connectivity index (χ3v) is 4.65. The molecule has 0 aromatic carbocycles. The predicted octanol–water partition coefficient (Wildman–Crippen LogP) is 2.08. The summed E-state index contributed by atoms with van der Waals surface area (Å²) < 4.78 is 0. The van der Waals surface area contributed by atoms with Gasteiger partial charge in [0.05, 0.1) is 0 Å². The highest BCUT2D eigenvalue weighted by Crippen LogP contribution is 2.26. The summed E-state index contributed by atoms with van der Waals surface area (Å²) >= 11 is 0. The lowest BCUT2D eigenvalue weighted by Gasteiger charge is -2.29. The van der Waals surface area contributed by atoms with E-state index >= 15 is 0 Å². The number of amides is 1. The molecule has 4 nitrogen and oxygen atoms in total. The summed E-state index contributed by atoms with van der Waals surface area (Å²) in [4.78, 5) is 16.7. The van der Waals surface area contributed by atoms with Crippen LogP contribution in [0.2, 0.25) is 0 Å². The van der Waals surface area contributed by atoms with Crippen LogP contribution < -0.4 is 5.73 Å². The molecule has 0 aliphatic carbocycles. The van der Waals surface area contributed by atoms with Crippen molar-refractivity contribution in [3.63, 3.8) is 0 Å². The SMILES string of the molecule is CCN1CCCC1CN(C)C(=O)CCC(C)(C)CCN. The van der Waals surface area contributed by atoms with E-state index in [4.69, 9.17) is 5.73 Å². The van der Waals surface area contributed by atoms with Crippen LogP contribution >= 0.6 is 0 Å². The van der Waals surface area contributed by atoms with Crippen molar-refractivity contribution in [3.05, 3.63) is 0 Å². The molecule has 4 heteroatoms. The number of nitrogens with zero attached hydrogens (tertiary/aromatic N) is 2. The van der Waals surface area contributed by atoms with Crippen molar-refractivity contribution in [2.45, 2.75) is 58.9 Å². The van der Waals surface area contributed by atoms with Crippen molar-refractivity contribution < 1.29 is 4.79 Å². The molecule has 0 saturated carbocycles. The fourth-order valence-corrected chi connectivity index (χ4v) is 3.09. The molecule has 1 fully saturated rings. The van der Waals surface area contributed by atoms with Crippen molar-refractivity contribution in [1.82, 2.24) is 9.80 Å². The van der Waals surface area contributed by atoms with Gasteiger partial charge in [-0.25, -0.2) is 0 Å². The maximum Gasteiger partial charge on any atom is 0.222 e. The van der Waals surface area contributed by atoms with Gasteiger partial charge in [0.25, 0.3) is 0 Å². The number of carbonyl (C=O) groups excluding carboxylic acids is 1. The molecule has 0 radical (unpaired) electrons. The predicted molar refractivity (Wildman–Crippen MR) is 84.6 cm³/mol. The zero-order chi connectivity index (χ0) is 15.2. The van der Waals surface area contributed by atoms with Crippen LogP contribution in [0.15, 0.2) is 0 Å². The molecule has 1 unspecified atom stereocenters. The zero-order valence-corrected chi connectivity index (χ0v) is 13.8. The molecular formula is C16H33N3O. The normalized spacial score (nSPS) is 20.4. The molecular weight excluding hydrogens is 250 g/mol. The van der Waals surface area contributed by atoms with Crippen LogP contribution in [0.5, 0.6) is 0 Å². The highest BCUT2D eigenvalue weighted by molar-refractivity contribution is 5.75. The van der Waals surface area contributed by atoms with Crippen molar-refractivity contribution >= 4 is 5.91 Å². The fourth-order valence-electron chi connectivity index (χ4n) is 3.09. The van der Waals surface area contributed by atoms with Gasteiger partial charge in [-0.3, -0.25) is 9.69 Å². The van der Waals surface area contributed by atoms with E-state index in [2.05, 4.69) is 25.7 Å². The summed E-state index contributed by atoms with van der Waals surface area (Å²) in [5, 5.41) is 0. The first-order valence-corrected chi connectivity index (χ1v) is 8.07. The van der Waals surface area contributed by atoms with Gasteiger partial charge in [-0.05, 0) is 50.7 Å². The average Bonchev–Trinajstić information content (AvgIpc) is 2.83. The van der Waals surface area contributed by atoms with Gasteiger partial charge < -0.3 is 10.6 Å². The van der Waals surface area contributed by atoms with E-state index in [1.165, 1.54) is 19.4 Å². The second-order valence-electron chi connectivity index (χ2n) is 6.90. The maximum atomic E-state index is 12.3. The molecule has 0 aromatic rings. The largest absolute Gasteiger partial charge is 0.344 e. The lowest BCUT2D eigenvalue weighted by atomic mass is 9.84. The highest BCUT2D eigenvalue weighted by atomic mass is 16.2. The number of rotatable bonds is 8. The van der Waals surface area contributed by atoms with Crippen molar-refractivity contribution in [3.8, 4) is 0 Å². The first-order chi connectivity index (χ1) is 9.39.